The first-order valence-corrected chi connectivity index (χ1v) is 9.46. The van der Waals surface area contributed by atoms with Gasteiger partial charge in [-0.15, -0.1) is 11.0 Å². The van der Waals surface area contributed by atoms with Crippen LogP contribution < -0.4 is 15.7 Å². The van der Waals surface area contributed by atoms with Crippen LogP contribution >= 0.6 is 0 Å². The fourth-order valence-electron chi connectivity index (χ4n) is 3.14. The quantitative estimate of drug-likeness (QED) is 0.806. The van der Waals surface area contributed by atoms with Crippen LogP contribution in [0.2, 0.25) is 0 Å². The van der Waals surface area contributed by atoms with E-state index in [9.17, 15) is 0 Å². The number of hydrogen-bond acceptors (Lipinski definition) is 7. The van der Waals surface area contributed by atoms with Crippen LogP contribution in [-0.2, 0) is 16.1 Å². The molecule has 0 unspecified atom stereocenters. The number of aryl methyl sites for hydroxylation is 2. The molecule has 2 aromatic carbocycles. The van der Waals surface area contributed by atoms with E-state index in [0.29, 0.717) is 18.4 Å². The maximum absolute atomic E-state index is 5.93. The van der Waals surface area contributed by atoms with Gasteiger partial charge in [0.05, 0.1) is 0 Å². The summed E-state index contributed by atoms with van der Waals surface area (Å²) in [5, 5.41) is 0. The number of hydrogen-bond donors (Lipinski definition) is 2. The smallest absolute Gasteiger partial charge is 0.242 e. The molecule has 0 radical (unpaired) electrons. The summed E-state index contributed by atoms with van der Waals surface area (Å²) in [6.45, 7) is 6.41. The maximum Gasteiger partial charge on any atom is 0.242 e. The molecule has 7 heteroatoms. The first-order chi connectivity index (χ1) is 13.6. The van der Waals surface area contributed by atoms with Crippen molar-refractivity contribution in [1.82, 2.24) is 11.0 Å². The molecular formula is C21H24N4O3. The van der Waals surface area contributed by atoms with Gasteiger partial charge in [-0.05, 0) is 49.6 Å². The van der Waals surface area contributed by atoms with Crippen molar-refractivity contribution < 1.29 is 14.4 Å². The molecule has 2 heterocycles. The number of nitrogens with one attached hydrogen (secondary N) is 2. The van der Waals surface area contributed by atoms with Crippen LogP contribution in [-0.4, -0.2) is 30.7 Å². The molecule has 2 aliphatic rings. The minimum atomic E-state index is -0.272. The van der Waals surface area contributed by atoms with Gasteiger partial charge in [-0.3, -0.25) is 0 Å². The third-order valence-corrected chi connectivity index (χ3v) is 4.68. The molecular weight excluding hydrogens is 356 g/mol. The lowest BCUT2D eigenvalue weighted by molar-refractivity contribution is 0.145. The normalized spacial score (nSPS) is 21.0. The summed E-state index contributed by atoms with van der Waals surface area (Å²) in [6.07, 6.45) is 0.592. The van der Waals surface area contributed by atoms with Crippen molar-refractivity contribution in [1.29, 1.82) is 0 Å². The summed E-state index contributed by atoms with van der Waals surface area (Å²) >= 11 is 0. The zero-order valence-electron chi connectivity index (χ0n) is 16.2. The van der Waals surface area contributed by atoms with Crippen molar-refractivity contribution in [3.8, 4) is 5.75 Å². The molecule has 7 nitrogen and oxygen atoms in total. The highest BCUT2D eigenvalue weighted by Crippen LogP contribution is 2.21. The summed E-state index contributed by atoms with van der Waals surface area (Å²) in [6, 6.07) is 14.0. The van der Waals surface area contributed by atoms with Gasteiger partial charge in [-0.2, -0.15) is 0 Å². The lowest BCUT2D eigenvalue weighted by Crippen LogP contribution is -2.28. The van der Waals surface area contributed by atoms with Gasteiger partial charge >= 0.3 is 0 Å². The van der Waals surface area contributed by atoms with Crippen LogP contribution in [0.4, 0.5) is 0 Å². The minimum Gasteiger partial charge on any atom is -0.490 e. The van der Waals surface area contributed by atoms with Gasteiger partial charge in [-0.1, -0.05) is 31.2 Å². The summed E-state index contributed by atoms with van der Waals surface area (Å²) in [5.41, 5.74) is 9.95. The molecule has 0 bridgehead atoms. The SMILES string of the molecule is CCc1ccccc1C1=N[C@H](COc2ccc(C)c(C3=N[C@H](C)NO3)c2)NO1. The number of benzene rings is 2. The second-order valence-electron chi connectivity index (χ2n) is 6.80. The highest BCUT2D eigenvalue weighted by atomic mass is 16.7. The largest absolute Gasteiger partial charge is 0.490 e. The van der Waals surface area contributed by atoms with Crippen LogP contribution in [0.3, 0.4) is 0 Å². The van der Waals surface area contributed by atoms with Crippen LogP contribution in [0.5, 0.6) is 5.75 Å². The Morgan fingerprint density at radius 2 is 1.79 bits per heavy atom. The predicted octanol–water partition coefficient (Wildman–Crippen LogP) is 2.87. The van der Waals surface area contributed by atoms with Crippen LogP contribution in [0.1, 0.15) is 36.1 Å². The molecule has 28 heavy (non-hydrogen) atoms. The van der Waals surface area contributed by atoms with E-state index >= 15 is 0 Å². The molecule has 2 atom stereocenters. The van der Waals surface area contributed by atoms with Crippen molar-refractivity contribution >= 4 is 11.8 Å². The van der Waals surface area contributed by atoms with Crippen molar-refractivity contribution in [3.63, 3.8) is 0 Å². The average Bonchev–Trinajstić information content (AvgIpc) is 3.36. The molecule has 0 spiro atoms. The fraction of sp³-hybridized carbons (Fsp3) is 0.333. The number of aliphatic imine (C=N–C) groups is 2. The Kier molecular flexibility index (Phi) is 5.27. The topological polar surface area (TPSA) is 76.5 Å². The van der Waals surface area contributed by atoms with Gasteiger partial charge in [0.2, 0.25) is 11.8 Å². The highest BCUT2D eigenvalue weighted by Gasteiger charge is 2.23. The Labute approximate surface area is 164 Å². The van der Waals surface area contributed by atoms with Crippen LogP contribution in [0, 0.1) is 6.92 Å². The molecule has 0 saturated carbocycles. The first kappa shape index (κ1) is 18.5. The van der Waals surface area contributed by atoms with Gasteiger partial charge in [-0.25, -0.2) is 9.98 Å². The Balaban J connectivity index is 1.44. The lowest BCUT2D eigenvalue weighted by atomic mass is 10.1. The molecule has 146 valence electrons. The summed E-state index contributed by atoms with van der Waals surface area (Å²) in [4.78, 5) is 20.1. The highest BCUT2D eigenvalue weighted by molar-refractivity contribution is 5.97. The van der Waals surface area contributed by atoms with E-state index in [1.54, 1.807) is 0 Å². The van der Waals surface area contributed by atoms with Crippen LogP contribution in [0.25, 0.3) is 0 Å². The Morgan fingerprint density at radius 3 is 2.57 bits per heavy atom. The van der Waals surface area contributed by atoms with E-state index in [4.69, 9.17) is 14.4 Å². The average molecular weight is 380 g/mol. The van der Waals surface area contributed by atoms with E-state index in [0.717, 1.165) is 28.9 Å². The van der Waals surface area contributed by atoms with Crippen LogP contribution in [0.15, 0.2) is 52.4 Å². The van der Waals surface area contributed by atoms with E-state index in [1.165, 1.54) is 5.56 Å². The molecule has 4 rings (SSSR count). The second-order valence-corrected chi connectivity index (χ2v) is 6.80. The molecule has 0 aliphatic carbocycles. The summed E-state index contributed by atoms with van der Waals surface area (Å²) < 4.78 is 5.93. The second kappa shape index (κ2) is 8.00. The molecule has 0 amide bonds. The Morgan fingerprint density at radius 1 is 1.00 bits per heavy atom. The molecule has 2 N–H and O–H groups in total. The molecule has 0 aromatic heterocycles. The third-order valence-electron chi connectivity index (χ3n) is 4.68. The third kappa shape index (κ3) is 3.85. The van der Waals surface area contributed by atoms with Gasteiger partial charge in [0, 0.05) is 11.1 Å². The Bertz CT molecular complexity index is 926. The lowest BCUT2D eigenvalue weighted by Gasteiger charge is -2.11. The number of hydroxylamine groups is 2. The standard InChI is InChI=1S/C21H24N4O3/c1-4-15-7-5-6-8-17(15)20-23-19(25-28-20)12-26-16-10-9-13(2)18(11-16)21-22-14(3)24-27-21/h5-11,14,19,24-25H,4,12H2,1-3H3/t14-,19-/m0/s1. The van der Waals surface area contributed by atoms with Crippen molar-refractivity contribution in [3.05, 3.63) is 64.7 Å². The van der Waals surface area contributed by atoms with E-state index in [-0.39, 0.29) is 12.3 Å². The summed E-state index contributed by atoms with van der Waals surface area (Å²) in [5.74, 6) is 1.91. The van der Waals surface area contributed by atoms with Crippen molar-refractivity contribution in [2.75, 3.05) is 6.61 Å². The number of nitrogens with zero attached hydrogens (tertiary/aromatic N) is 2. The maximum atomic E-state index is 5.93. The monoisotopic (exact) mass is 380 g/mol. The van der Waals surface area contributed by atoms with Gasteiger partial charge < -0.3 is 14.4 Å². The molecule has 0 saturated heterocycles. The number of ether oxygens (including phenoxy) is 1. The minimum absolute atomic E-state index is 0.0578. The van der Waals surface area contributed by atoms with E-state index < -0.39 is 0 Å². The summed E-state index contributed by atoms with van der Waals surface area (Å²) in [7, 11) is 0. The zero-order valence-corrected chi connectivity index (χ0v) is 16.2. The predicted molar refractivity (Wildman–Crippen MR) is 107 cm³/mol. The zero-order chi connectivity index (χ0) is 19.5. The Hall–Kier alpha value is -2.90. The fourth-order valence-corrected chi connectivity index (χ4v) is 3.14. The first-order valence-electron chi connectivity index (χ1n) is 9.46. The number of rotatable bonds is 6. The molecule has 0 fully saturated rings. The van der Waals surface area contributed by atoms with E-state index in [1.807, 2.05) is 50.2 Å². The molecule has 2 aliphatic heterocycles. The van der Waals surface area contributed by atoms with Crippen molar-refractivity contribution in [2.45, 2.75) is 39.5 Å². The van der Waals surface area contributed by atoms with Gasteiger partial charge in [0.15, 0.2) is 6.17 Å². The van der Waals surface area contributed by atoms with Gasteiger partial charge in [0.25, 0.3) is 0 Å². The van der Waals surface area contributed by atoms with E-state index in [2.05, 4.69) is 33.9 Å². The van der Waals surface area contributed by atoms with Crippen molar-refractivity contribution in [2.24, 2.45) is 9.98 Å². The molecule has 2 aromatic rings. The van der Waals surface area contributed by atoms with Gasteiger partial charge in [0.1, 0.15) is 18.5 Å².